The van der Waals surface area contributed by atoms with Crippen LogP contribution in [0.4, 0.5) is 4.39 Å². The van der Waals surface area contributed by atoms with Crippen LogP contribution in [0.25, 0.3) is 5.65 Å². The number of nitrogens with zero attached hydrogens (tertiary/aromatic N) is 3. The first-order valence-corrected chi connectivity index (χ1v) is 7.86. The van der Waals surface area contributed by atoms with E-state index < -0.39 is 17.9 Å². The van der Waals surface area contributed by atoms with Crippen molar-refractivity contribution < 1.29 is 23.8 Å². The first kappa shape index (κ1) is 17.6. The Morgan fingerprint density at radius 3 is 2.96 bits per heavy atom. The number of hydrogen-bond donors (Lipinski definition) is 2. The fourth-order valence-electron chi connectivity index (χ4n) is 2.45. The summed E-state index contributed by atoms with van der Waals surface area (Å²) in [6.45, 7) is 2.32. The van der Waals surface area contributed by atoms with Gasteiger partial charge in [-0.2, -0.15) is 10.1 Å². The molecule has 0 amide bonds. The van der Waals surface area contributed by atoms with Crippen LogP contribution < -0.4 is 15.2 Å². The van der Waals surface area contributed by atoms with E-state index in [-0.39, 0.29) is 23.7 Å². The maximum Gasteiger partial charge on any atom is 0.341 e. The molecule has 2 heterocycles. The van der Waals surface area contributed by atoms with Crippen molar-refractivity contribution in [3.63, 3.8) is 0 Å². The molecule has 1 atom stereocenters. The molecule has 0 radical (unpaired) electrons. The second-order valence-corrected chi connectivity index (χ2v) is 5.48. The van der Waals surface area contributed by atoms with Crippen molar-refractivity contribution in [1.29, 1.82) is 0 Å². The summed E-state index contributed by atoms with van der Waals surface area (Å²) in [7, 11) is 0. The number of rotatable bonds is 7. The molecule has 8 nitrogen and oxygen atoms in total. The largest absolute Gasteiger partial charge is 0.492 e. The predicted molar refractivity (Wildman–Crippen MR) is 89.9 cm³/mol. The van der Waals surface area contributed by atoms with Crippen molar-refractivity contribution in [3.8, 4) is 11.6 Å². The molecule has 0 aliphatic heterocycles. The van der Waals surface area contributed by atoms with Crippen LogP contribution in [0, 0.1) is 5.82 Å². The zero-order valence-corrected chi connectivity index (χ0v) is 13.9. The van der Waals surface area contributed by atoms with E-state index in [0.29, 0.717) is 17.9 Å². The molecule has 136 valence electrons. The van der Waals surface area contributed by atoms with Crippen molar-refractivity contribution in [3.05, 3.63) is 53.6 Å². The lowest BCUT2D eigenvalue weighted by molar-refractivity contribution is 0.0698. The quantitative estimate of drug-likeness (QED) is 0.663. The average Bonchev–Trinajstić information content (AvgIpc) is 3.04. The average molecular weight is 360 g/mol. The zero-order chi connectivity index (χ0) is 18.7. The molecule has 2 aromatic heterocycles. The molecule has 3 rings (SSSR count). The summed E-state index contributed by atoms with van der Waals surface area (Å²) >= 11 is 0. The normalized spacial score (nSPS) is 12.1. The van der Waals surface area contributed by atoms with Gasteiger partial charge in [0.15, 0.2) is 5.65 Å². The number of carboxylic acid groups (broad SMARTS) is 1. The van der Waals surface area contributed by atoms with Gasteiger partial charge in [-0.3, -0.25) is 0 Å². The van der Waals surface area contributed by atoms with E-state index in [9.17, 15) is 9.18 Å². The fraction of sp³-hybridized carbons (Fsp3) is 0.235. The zero-order valence-electron chi connectivity index (χ0n) is 13.9. The highest BCUT2D eigenvalue weighted by molar-refractivity contribution is 5.94. The smallest absolute Gasteiger partial charge is 0.341 e. The second-order valence-electron chi connectivity index (χ2n) is 5.48. The van der Waals surface area contributed by atoms with Crippen molar-refractivity contribution >= 4 is 11.6 Å². The van der Waals surface area contributed by atoms with Crippen molar-refractivity contribution in [2.24, 2.45) is 5.73 Å². The van der Waals surface area contributed by atoms with Crippen molar-refractivity contribution in [2.75, 3.05) is 13.2 Å². The lowest BCUT2D eigenvalue weighted by atomic mass is 10.1. The molecule has 0 fully saturated rings. The molecule has 3 aromatic rings. The monoisotopic (exact) mass is 360 g/mol. The number of aromatic carboxylic acids is 1. The predicted octanol–water partition coefficient (Wildman–Crippen LogP) is 2.04. The van der Waals surface area contributed by atoms with Crippen LogP contribution in [0.1, 0.15) is 28.9 Å². The Morgan fingerprint density at radius 2 is 2.23 bits per heavy atom. The van der Waals surface area contributed by atoms with Crippen molar-refractivity contribution in [2.45, 2.75) is 13.0 Å². The van der Waals surface area contributed by atoms with Crippen molar-refractivity contribution in [1.82, 2.24) is 14.6 Å². The van der Waals surface area contributed by atoms with Gasteiger partial charge in [-0.1, -0.05) is 0 Å². The van der Waals surface area contributed by atoms with Crippen LogP contribution >= 0.6 is 0 Å². The molecule has 9 heteroatoms. The van der Waals surface area contributed by atoms with Gasteiger partial charge in [0, 0.05) is 24.4 Å². The number of halogens is 1. The summed E-state index contributed by atoms with van der Waals surface area (Å²) < 4.78 is 26.3. The Labute approximate surface area is 148 Å². The summed E-state index contributed by atoms with van der Waals surface area (Å²) in [6.07, 6.45) is 2.15. The summed E-state index contributed by atoms with van der Waals surface area (Å²) in [5.74, 6) is -0.925. The topological polar surface area (TPSA) is 112 Å². The highest BCUT2D eigenvalue weighted by Crippen LogP contribution is 2.29. The van der Waals surface area contributed by atoms with Gasteiger partial charge in [0.05, 0.1) is 6.20 Å². The SMILES string of the molecule is CC(Oc1ccn2ncc(C(=O)O)c2n1)c1cc(F)ccc1OCCN. The maximum absolute atomic E-state index is 13.6. The van der Waals surface area contributed by atoms with Gasteiger partial charge >= 0.3 is 5.97 Å². The minimum absolute atomic E-state index is 0.0409. The minimum atomic E-state index is -1.14. The van der Waals surface area contributed by atoms with E-state index in [1.165, 1.54) is 35.1 Å². The van der Waals surface area contributed by atoms with Crippen LogP contribution in [0.15, 0.2) is 36.7 Å². The van der Waals surface area contributed by atoms with Gasteiger partial charge in [0.1, 0.15) is 29.8 Å². The highest BCUT2D eigenvalue weighted by atomic mass is 19.1. The van der Waals surface area contributed by atoms with Gasteiger partial charge in [0.25, 0.3) is 0 Å². The Balaban J connectivity index is 1.89. The lowest BCUT2D eigenvalue weighted by Crippen LogP contribution is -2.13. The second kappa shape index (κ2) is 7.36. The number of carbonyl (C=O) groups is 1. The van der Waals surface area contributed by atoms with Gasteiger partial charge in [0.2, 0.25) is 5.88 Å². The standard InChI is InChI=1S/C17H17FN4O4/c1-10(12-8-11(18)2-3-14(12)25-7-5-19)26-15-4-6-22-16(21-15)13(9-20-22)17(23)24/h2-4,6,8-10H,5,7,19H2,1H3,(H,23,24). The third-order valence-electron chi connectivity index (χ3n) is 3.66. The number of fused-ring (bicyclic) bond motifs is 1. The van der Waals surface area contributed by atoms with E-state index in [1.807, 2.05) is 0 Å². The molecule has 1 aromatic carbocycles. The highest BCUT2D eigenvalue weighted by Gasteiger charge is 2.18. The van der Waals surface area contributed by atoms with Gasteiger partial charge < -0.3 is 20.3 Å². The first-order valence-electron chi connectivity index (χ1n) is 7.86. The number of nitrogens with two attached hydrogens (primary N) is 1. The molecule has 0 saturated carbocycles. The van der Waals surface area contributed by atoms with Crippen LogP contribution in [0.2, 0.25) is 0 Å². The molecule has 26 heavy (non-hydrogen) atoms. The Kier molecular flexibility index (Phi) is 4.99. The Hall–Kier alpha value is -3.20. The Morgan fingerprint density at radius 1 is 1.42 bits per heavy atom. The molecule has 0 spiro atoms. The number of hydrogen-bond acceptors (Lipinski definition) is 6. The van der Waals surface area contributed by atoms with E-state index in [4.69, 9.17) is 20.3 Å². The van der Waals surface area contributed by atoms with E-state index in [0.717, 1.165) is 0 Å². The Bertz CT molecular complexity index is 944. The maximum atomic E-state index is 13.6. The van der Waals surface area contributed by atoms with Crippen LogP contribution in [0.3, 0.4) is 0 Å². The molecule has 1 unspecified atom stereocenters. The third-order valence-corrected chi connectivity index (χ3v) is 3.66. The molecule has 0 saturated heterocycles. The molecular weight excluding hydrogens is 343 g/mol. The van der Waals surface area contributed by atoms with E-state index in [1.54, 1.807) is 13.0 Å². The van der Waals surface area contributed by atoms with Crippen LogP contribution in [-0.2, 0) is 0 Å². The summed E-state index contributed by atoms with van der Waals surface area (Å²) in [5.41, 5.74) is 6.05. The molecular formula is C17H17FN4O4. The summed E-state index contributed by atoms with van der Waals surface area (Å²) in [4.78, 5) is 15.4. The van der Waals surface area contributed by atoms with Gasteiger partial charge in [-0.05, 0) is 25.1 Å². The third kappa shape index (κ3) is 3.57. The number of aromatic nitrogens is 3. The van der Waals surface area contributed by atoms with E-state index in [2.05, 4.69) is 10.1 Å². The fourth-order valence-corrected chi connectivity index (χ4v) is 2.45. The molecule has 3 N–H and O–H groups in total. The number of carboxylic acids is 1. The molecule has 0 bridgehead atoms. The van der Waals surface area contributed by atoms with Crippen LogP contribution in [-0.4, -0.2) is 38.8 Å². The number of benzene rings is 1. The van der Waals surface area contributed by atoms with E-state index >= 15 is 0 Å². The van der Waals surface area contributed by atoms with Gasteiger partial charge in [-0.15, -0.1) is 0 Å². The molecule has 0 aliphatic rings. The van der Waals surface area contributed by atoms with Gasteiger partial charge in [-0.25, -0.2) is 13.7 Å². The summed E-state index contributed by atoms with van der Waals surface area (Å²) in [5, 5.41) is 13.1. The number of ether oxygens (including phenoxy) is 2. The molecule has 0 aliphatic carbocycles. The summed E-state index contributed by atoms with van der Waals surface area (Å²) in [6, 6.07) is 5.66. The minimum Gasteiger partial charge on any atom is -0.492 e. The van der Waals surface area contributed by atoms with Crippen LogP contribution in [0.5, 0.6) is 11.6 Å². The first-order chi connectivity index (χ1) is 12.5. The lowest BCUT2D eigenvalue weighted by Gasteiger charge is -2.18.